The SMILES string of the molecule is Cc1nccn1-c1ccccc1CN[C@H](C)Cn1ccnc1. The quantitative estimate of drug-likeness (QED) is 0.760. The van der Waals surface area contributed by atoms with Gasteiger partial charge in [-0.2, -0.15) is 0 Å². The normalized spacial score (nSPS) is 12.5. The van der Waals surface area contributed by atoms with Crippen molar-refractivity contribution in [1.82, 2.24) is 24.4 Å². The topological polar surface area (TPSA) is 47.7 Å². The van der Waals surface area contributed by atoms with Crippen LogP contribution in [-0.4, -0.2) is 25.1 Å². The molecule has 5 heteroatoms. The van der Waals surface area contributed by atoms with Crippen molar-refractivity contribution in [3.63, 3.8) is 0 Å². The van der Waals surface area contributed by atoms with Gasteiger partial charge in [0.15, 0.2) is 0 Å². The fourth-order valence-corrected chi connectivity index (χ4v) is 2.59. The van der Waals surface area contributed by atoms with Gasteiger partial charge in [0.25, 0.3) is 0 Å². The van der Waals surface area contributed by atoms with Crippen LogP contribution in [0.2, 0.25) is 0 Å². The maximum absolute atomic E-state index is 4.31. The van der Waals surface area contributed by atoms with Gasteiger partial charge in [-0.05, 0) is 25.5 Å². The van der Waals surface area contributed by atoms with Crippen molar-refractivity contribution in [2.24, 2.45) is 0 Å². The van der Waals surface area contributed by atoms with Gasteiger partial charge >= 0.3 is 0 Å². The Hall–Kier alpha value is -2.40. The first-order valence-corrected chi connectivity index (χ1v) is 7.51. The number of rotatable bonds is 6. The van der Waals surface area contributed by atoms with E-state index in [1.807, 2.05) is 38.0 Å². The van der Waals surface area contributed by atoms with Crippen molar-refractivity contribution < 1.29 is 0 Å². The molecule has 0 unspecified atom stereocenters. The second kappa shape index (κ2) is 6.58. The molecule has 0 radical (unpaired) electrons. The predicted octanol–water partition coefficient (Wildman–Crippen LogP) is 2.56. The minimum atomic E-state index is 0.367. The molecule has 3 aromatic rings. The second-order valence-electron chi connectivity index (χ2n) is 5.51. The molecule has 1 N–H and O–H groups in total. The summed E-state index contributed by atoms with van der Waals surface area (Å²) in [4.78, 5) is 8.39. The van der Waals surface area contributed by atoms with Crippen molar-refractivity contribution in [3.05, 3.63) is 66.8 Å². The summed E-state index contributed by atoms with van der Waals surface area (Å²) in [5.74, 6) is 0.999. The number of aryl methyl sites for hydroxylation is 1. The van der Waals surface area contributed by atoms with Crippen LogP contribution in [0.25, 0.3) is 5.69 Å². The fraction of sp³-hybridized carbons (Fsp3) is 0.294. The van der Waals surface area contributed by atoms with Crippen LogP contribution in [0.15, 0.2) is 55.4 Å². The summed E-state index contributed by atoms with van der Waals surface area (Å²) in [5.41, 5.74) is 2.45. The zero-order valence-corrected chi connectivity index (χ0v) is 13.0. The molecule has 0 saturated heterocycles. The molecular weight excluding hydrogens is 274 g/mol. The van der Waals surface area contributed by atoms with Crippen molar-refractivity contribution in [3.8, 4) is 5.69 Å². The fourth-order valence-electron chi connectivity index (χ4n) is 2.59. The van der Waals surface area contributed by atoms with Gasteiger partial charge in [-0.1, -0.05) is 18.2 Å². The Kier molecular flexibility index (Phi) is 4.34. The third kappa shape index (κ3) is 3.26. The smallest absolute Gasteiger partial charge is 0.110 e. The molecule has 0 bridgehead atoms. The minimum absolute atomic E-state index is 0.367. The summed E-state index contributed by atoms with van der Waals surface area (Å²) in [6, 6.07) is 8.80. The molecule has 0 fully saturated rings. The molecule has 2 heterocycles. The van der Waals surface area contributed by atoms with E-state index in [-0.39, 0.29) is 0 Å². The Morgan fingerprint density at radius 1 is 1.18 bits per heavy atom. The number of aromatic nitrogens is 4. The highest BCUT2D eigenvalue weighted by atomic mass is 15.1. The first-order valence-electron chi connectivity index (χ1n) is 7.51. The zero-order chi connectivity index (χ0) is 15.4. The lowest BCUT2D eigenvalue weighted by Gasteiger charge is -2.17. The first kappa shape index (κ1) is 14.5. The van der Waals surface area contributed by atoms with Gasteiger partial charge in [0.1, 0.15) is 5.82 Å². The summed E-state index contributed by atoms with van der Waals surface area (Å²) < 4.78 is 4.21. The lowest BCUT2D eigenvalue weighted by molar-refractivity contribution is 0.475. The largest absolute Gasteiger partial charge is 0.336 e. The van der Waals surface area contributed by atoms with Crippen LogP contribution in [0.5, 0.6) is 0 Å². The summed E-state index contributed by atoms with van der Waals surface area (Å²) in [7, 11) is 0. The van der Waals surface area contributed by atoms with Crippen molar-refractivity contribution in [2.45, 2.75) is 33.0 Å². The van der Waals surface area contributed by atoms with Crippen LogP contribution in [0.4, 0.5) is 0 Å². The van der Waals surface area contributed by atoms with Crippen molar-refractivity contribution >= 4 is 0 Å². The van der Waals surface area contributed by atoms with Gasteiger partial charge in [0.2, 0.25) is 0 Å². The lowest BCUT2D eigenvalue weighted by Crippen LogP contribution is -2.30. The molecule has 1 atom stereocenters. The Balaban J connectivity index is 1.69. The van der Waals surface area contributed by atoms with Crippen LogP contribution in [0.1, 0.15) is 18.3 Å². The Morgan fingerprint density at radius 3 is 2.77 bits per heavy atom. The van der Waals surface area contributed by atoms with Crippen molar-refractivity contribution in [2.75, 3.05) is 0 Å². The van der Waals surface area contributed by atoms with E-state index < -0.39 is 0 Å². The highest BCUT2D eigenvalue weighted by molar-refractivity contribution is 5.41. The van der Waals surface area contributed by atoms with Crippen molar-refractivity contribution in [1.29, 1.82) is 0 Å². The highest BCUT2D eigenvalue weighted by Gasteiger charge is 2.08. The number of para-hydroxylation sites is 1. The van der Waals surface area contributed by atoms with Crippen LogP contribution < -0.4 is 5.32 Å². The molecule has 3 rings (SSSR count). The van der Waals surface area contributed by atoms with Crippen LogP contribution in [-0.2, 0) is 13.1 Å². The van der Waals surface area contributed by atoms with E-state index in [2.05, 4.69) is 55.6 Å². The van der Waals surface area contributed by atoms with E-state index in [9.17, 15) is 0 Å². The van der Waals surface area contributed by atoms with Gasteiger partial charge in [-0.15, -0.1) is 0 Å². The summed E-state index contributed by atoms with van der Waals surface area (Å²) in [6.45, 7) is 5.94. The van der Waals surface area contributed by atoms with Crippen LogP contribution in [0.3, 0.4) is 0 Å². The molecule has 0 amide bonds. The summed E-state index contributed by atoms with van der Waals surface area (Å²) in [6.07, 6.45) is 9.48. The molecule has 22 heavy (non-hydrogen) atoms. The monoisotopic (exact) mass is 295 g/mol. The van der Waals surface area contributed by atoms with Crippen LogP contribution >= 0.6 is 0 Å². The Morgan fingerprint density at radius 2 is 2.05 bits per heavy atom. The highest BCUT2D eigenvalue weighted by Crippen LogP contribution is 2.16. The summed E-state index contributed by atoms with van der Waals surface area (Å²) in [5, 5.41) is 3.58. The molecule has 5 nitrogen and oxygen atoms in total. The Bertz CT molecular complexity index is 714. The molecule has 0 spiro atoms. The molecule has 0 aliphatic heterocycles. The molecule has 2 aromatic heterocycles. The third-order valence-corrected chi connectivity index (χ3v) is 3.76. The second-order valence-corrected chi connectivity index (χ2v) is 5.51. The van der Waals surface area contributed by atoms with E-state index in [0.717, 1.165) is 18.9 Å². The maximum Gasteiger partial charge on any atom is 0.110 e. The molecule has 0 aliphatic carbocycles. The van der Waals surface area contributed by atoms with E-state index in [4.69, 9.17) is 0 Å². The Labute approximate surface area is 130 Å². The first-order chi connectivity index (χ1) is 10.7. The number of hydrogen-bond donors (Lipinski definition) is 1. The number of nitrogens with zero attached hydrogens (tertiary/aromatic N) is 4. The third-order valence-electron chi connectivity index (χ3n) is 3.76. The van der Waals surface area contributed by atoms with Gasteiger partial charge in [-0.25, -0.2) is 9.97 Å². The minimum Gasteiger partial charge on any atom is -0.336 e. The lowest BCUT2D eigenvalue weighted by atomic mass is 10.1. The van der Waals surface area contributed by atoms with Crippen LogP contribution in [0, 0.1) is 6.92 Å². The molecule has 114 valence electrons. The molecular formula is C17H21N5. The number of benzene rings is 1. The number of nitrogens with one attached hydrogen (secondary N) is 1. The standard InChI is InChI=1S/C17H21N5/c1-14(12-21-9-7-18-13-21)20-11-16-5-3-4-6-17(16)22-10-8-19-15(22)2/h3-10,13-14,20H,11-12H2,1-2H3/t14-/m1/s1. The van der Waals surface area contributed by atoms with E-state index >= 15 is 0 Å². The molecule has 1 aromatic carbocycles. The number of imidazole rings is 2. The average Bonchev–Trinajstić information content (AvgIpc) is 3.17. The zero-order valence-electron chi connectivity index (χ0n) is 13.0. The number of hydrogen-bond acceptors (Lipinski definition) is 3. The van der Waals surface area contributed by atoms with Gasteiger partial charge in [-0.3, -0.25) is 0 Å². The van der Waals surface area contributed by atoms with Gasteiger partial charge < -0.3 is 14.5 Å². The molecule has 0 saturated carbocycles. The van der Waals surface area contributed by atoms with Gasteiger partial charge in [0, 0.05) is 43.9 Å². The van der Waals surface area contributed by atoms with E-state index in [0.29, 0.717) is 6.04 Å². The summed E-state index contributed by atoms with van der Waals surface area (Å²) >= 11 is 0. The van der Waals surface area contributed by atoms with Gasteiger partial charge in [0.05, 0.1) is 12.0 Å². The van der Waals surface area contributed by atoms with E-state index in [1.165, 1.54) is 11.3 Å². The average molecular weight is 295 g/mol. The molecule has 0 aliphatic rings. The maximum atomic E-state index is 4.31. The predicted molar refractivity (Wildman–Crippen MR) is 86.8 cm³/mol. The van der Waals surface area contributed by atoms with E-state index in [1.54, 1.807) is 0 Å².